The van der Waals surface area contributed by atoms with Gasteiger partial charge in [0.1, 0.15) is 5.76 Å². The van der Waals surface area contributed by atoms with Gasteiger partial charge in [-0.1, -0.05) is 23.4 Å². The van der Waals surface area contributed by atoms with Gasteiger partial charge in [0, 0.05) is 11.8 Å². The van der Waals surface area contributed by atoms with Crippen molar-refractivity contribution in [1.29, 1.82) is 0 Å². The SMILES string of the molecule is Cc1cc(NC(=O)COC(=O)c2ccc(S(=O)(=O)Nc3ccccc3)cc2)no1. The van der Waals surface area contributed by atoms with Crippen LogP contribution in [0, 0.1) is 6.92 Å². The minimum Gasteiger partial charge on any atom is -0.452 e. The highest BCUT2D eigenvalue weighted by atomic mass is 32.2. The monoisotopic (exact) mass is 415 g/mol. The fourth-order valence-corrected chi connectivity index (χ4v) is 3.37. The van der Waals surface area contributed by atoms with Crippen LogP contribution in [-0.4, -0.2) is 32.1 Å². The molecule has 0 radical (unpaired) electrons. The van der Waals surface area contributed by atoms with E-state index in [1.165, 1.54) is 30.3 Å². The molecule has 29 heavy (non-hydrogen) atoms. The highest BCUT2D eigenvalue weighted by Gasteiger charge is 2.16. The fourth-order valence-electron chi connectivity index (χ4n) is 2.31. The molecular formula is C19H17N3O6S. The van der Waals surface area contributed by atoms with E-state index >= 15 is 0 Å². The molecule has 0 aliphatic rings. The summed E-state index contributed by atoms with van der Waals surface area (Å²) in [7, 11) is -3.80. The van der Waals surface area contributed by atoms with Gasteiger partial charge >= 0.3 is 5.97 Å². The maximum Gasteiger partial charge on any atom is 0.338 e. The first-order valence-electron chi connectivity index (χ1n) is 8.42. The van der Waals surface area contributed by atoms with Crippen molar-refractivity contribution in [2.75, 3.05) is 16.6 Å². The Morgan fingerprint density at radius 3 is 2.38 bits per heavy atom. The van der Waals surface area contributed by atoms with E-state index in [-0.39, 0.29) is 16.3 Å². The number of anilines is 2. The molecule has 0 saturated heterocycles. The van der Waals surface area contributed by atoms with E-state index in [0.717, 1.165) is 0 Å². The third-order valence-corrected chi connectivity index (χ3v) is 5.05. The molecule has 10 heteroatoms. The van der Waals surface area contributed by atoms with Crippen molar-refractivity contribution in [3.8, 4) is 0 Å². The number of nitrogens with zero attached hydrogens (tertiary/aromatic N) is 1. The van der Waals surface area contributed by atoms with Crippen LogP contribution < -0.4 is 10.0 Å². The van der Waals surface area contributed by atoms with Crippen molar-refractivity contribution in [3.63, 3.8) is 0 Å². The number of carbonyl (C=O) groups excluding carboxylic acids is 2. The maximum absolute atomic E-state index is 12.4. The summed E-state index contributed by atoms with van der Waals surface area (Å²) in [6.07, 6.45) is 0. The highest BCUT2D eigenvalue weighted by molar-refractivity contribution is 7.92. The van der Waals surface area contributed by atoms with Crippen molar-refractivity contribution < 1.29 is 27.3 Å². The number of para-hydroxylation sites is 1. The van der Waals surface area contributed by atoms with Gasteiger partial charge in [0.15, 0.2) is 12.4 Å². The molecule has 0 aliphatic carbocycles. The molecule has 3 rings (SSSR count). The van der Waals surface area contributed by atoms with E-state index in [4.69, 9.17) is 9.26 Å². The third-order valence-electron chi connectivity index (χ3n) is 3.66. The lowest BCUT2D eigenvalue weighted by atomic mass is 10.2. The Kier molecular flexibility index (Phi) is 5.93. The number of hydrogen-bond donors (Lipinski definition) is 2. The number of amides is 1. The molecule has 0 bridgehead atoms. The Balaban J connectivity index is 1.57. The Labute approximate surface area is 166 Å². The quantitative estimate of drug-likeness (QED) is 0.568. The molecule has 2 N–H and O–H groups in total. The van der Waals surface area contributed by atoms with Gasteiger partial charge in [0.25, 0.3) is 15.9 Å². The number of benzene rings is 2. The van der Waals surface area contributed by atoms with E-state index in [1.807, 2.05) is 0 Å². The second kappa shape index (κ2) is 8.57. The van der Waals surface area contributed by atoms with Crippen LogP contribution in [0.25, 0.3) is 0 Å². The highest BCUT2D eigenvalue weighted by Crippen LogP contribution is 2.16. The predicted molar refractivity (Wildman–Crippen MR) is 104 cm³/mol. The second-order valence-corrected chi connectivity index (χ2v) is 7.63. The number of aromatic nitrogens is 1. The lowest BCUT2D eigenvalue weighted by Gasteiger charge is -2.09. The van der Waals surface area contributed by atoms with Crippen molar-refractivity contribution in [3.05, 3.63) is 72.0 Å². The maximum atomic E-state index is 12.4. The van der Waals surface area contributed by atoms with Crippen molar-refractivity contribution in [1.82, 2.24) is 5.16 Å². The predicted octanol–water partition coefficient (Wildman–Crippen LogP) is 2.58. The molecule has 0 unspecified atom stereocenters. The smallest absolute Gasteiger partial charge is 0.338 e. The van der Waals surface area contributed by atoms with Crippen molar-refractivity contribution >= 4 is 33.4 Å². The first kappa shape index (κ1) is 20.1. The minimum absolute atomic E-state index is 0.0166. The van der Waals surface area contributed by atoms with Gasteiger partial charge in [0.05, 0.1) is 10.5 Å². The van der Waals surface area contributed by atoms with Gasteiger partial charge in [-0.05, 0) is 43.3 Å². The molecule has 1 aromatic heterocycles. The minimum atomic E-state index is -3.80. The molecule has 0 spiro atoms. The number of esters is 1. The number of sulfonamides is 1. The zero-order valence-corrected chi connectivity index (χ0v) is 16.1. The standard InChI is InChI=1S/C19H17N3O6S/c1-13-11-17(21-28-13)20-18(23)12-27-19(24)14-7-9-16(10-8-14)29(25,26)22-15-5-3-2-4-6-15/h2-11,22H,12H2,1H3,(H,20,21,23). The van der Waals surface area contributed by atoms with E-state index < -0.39 is 28.5 Å². The van der Waals surface area contributed by atoms with Gasteiger partial charge in [-0.2, -0.15) is 0 Å². The van der Waals surface area contributed by atoms with Crippen molar-refractivity contribution in [2.45, 2.75) is 11.8 Å². The van der Waals surface area contributed by atoms with Crippen molar-refractivity contribution in [2.24, 2.45) is 0 Å². The molecule has 0 fully saturated rings. The number of hydrogen-bond acceptors (Lipinski definition) is 7. The summed E-state index contributed by atoms with van der Waals surface area (Å²) in [5.74, 6) is -0.618. The van der Waals surface area contributed by atoms with E-state index in [0.29, 0.717) is 11.4 Å². The van der Waals surface area contributed by atoms with Crippen LogP contribution in [0.1, 0.15) is 16.1 Å². The lowest BCUT2D eigenvalue weighted by molar-refractivity contribution is -0.119. The summed E-state index contributed by atoms with van der Waals surface area (Å²) >= 11 is 0. The Bertz CT molecular complexity index is 1110. The van der Waals surface area contributed by atoms with E-state index in [9.17, 15) is 18.0 Å². The van der Waals surface area contributed by atoms with Gasteiger partial charge in [-0.3, -0.25) is 9.52 Å². The zero-order valence-electron chi connectivity index (χ0n) is 15.3. The van der Waals surface area contributed by atoms with Gasteiger partial charge in [0.2, 0.25) is 0 Å². The summed E-state index contributed by atoms with van der Waals surface area (Å²) in [6.45, 7) is 1.14. The third kappa shape index (κ3) is 5.42. The molecule has 3 aromatic rings. The molecule has 1 heterocycles. The molecule has 2 aromatic carbocycles. The average Bonchev–Trinajstić information content (AvgIpc) is 3.11. The van der Waals surface area contributed by atoms with Crippen LogP contribution >= 0.6 is 0 Å². The zero-order chi connectivity index (χ0) is 20.9. The summed E-state index contributed by atoms with van der Waals surface area (Å²) in [6, 6.07) is 15.1. The first-order chi connectivity index (χ1) is 13.8. The van der Waals surface area contributed by atoms with Gasteiger partial charge in [-0.15, -0.1) is 0 Å². The summed E-state index contributed by atoms with van der Waals surface area (Å²) in [5, 5.41) is 6.01. The summed E-state index contributed by atoms with van der Waals surface area (Å²) in [5.41, 5.74) is 0.526. The van der Waals surface area contributed by atoms with Crippen LogP contribution in [-0.2, 0) is 19.6 Å². The lowest BCUT2D eigenvalue weighted by Crippen LogP contribution is -2.21. The average molecular weight is 415 g/mol. The van der Waals surface area contributed by atoms with Gasteiger partial charge < -0.3 is 14.6 Å². The normalized spacial score (nSPS) is 10.9. The number of carbonyl (C=O) groups is 2. The number of ether oxygens (including phenoxy) is 1. The largest absolute Gasteiger partial charge is 0.452 e. The molecule has 0 aliphatic heterocycles. The van der Waals surface area contributed by atoms with Gasteiger partial charge in [-0.25, -0.2) is 13.2 Å². The van der Waals surface area contributed by atoms with Crippen LogP contribution in [0.3, 0.4) is 0 Å². The van der Waals surface area contributed by atoms with E-state index in [2.05, 4.69) is 15.2 Å². The number of rotatable bonds is 7. The Morgan fingerprint density at radius 1 is 1.07 bits per heavy atom. The molecule has 0 saturated carbocycles. The molecule has 1 amide bonds. The Hall–Kier alpha value is -3.66. The molecule has 9 nitrogen and oxygen atoms in total. The summed E-state index contributed by atoms with van der Waals surface area (Å²) in [4.78, 5) is 23.8. The molecule has 150 valence electrons. The van der Waals surface area contributed by atoms with Crippen LogP contribution in [0.5, 0.6) is 0 Å². The fraction of sp³-hybridized carbons (Fsp3) is 0.105. The molecular weight excluding hydrogens is 398 g/mol. The van der Waals surface area contributed by atoms with Crippen LogP contribution in [0.4, 0.5) is 11.5 Å². The first-order valence-corrected chi connectivity index (χ1v) is 9.90. The van der Waals surface area contributed by atoms with E-state index in [1.54, 1.807) is 37.3 Å². The second-order valence-electron chi connectivity index (χ2n) is 5.94. The van der Waals surface area contributed by atoms with Crippen LogP contribution in [0.2, 0.25) is 0 Å². The number of aryl methyl sites for hydroxylation is 1. The topological polar surface area (TPSA) is 128 Å². The van der Waals surface area contributed by atoms with Crippen LogP contribution in [0.15, 0.2) is 70.1 Å². The Morgan fingerprint density at radius 2 is 1.76 bits per heavy atom. The number of nitrogens with one attached hydrogen (secondary N) is 2. The molecule has 0 atom stereocenters. The summed E-state index contributed by atoms with van der Waals surface area (Å²) < 4.78 is 36.9.